The zero-order chi connectivity index (χ0) is 16.5. The Kier molecular flexibility index (Phi) is 5.89. The number of hydrogen-bond donors (Lipinski definition) is 1. The summed E-state index contributed by atoms with van der Waals surface area (Å²) in [5.41, 5.74) is 1.63. The van der Waals surface area contributed by atoms with Gasteiger partial charge in [-0.2, -0.15) is 0 Å². The molecule has 0 heterocycles. The predicted molar refractivity (Wildman–Crippen MR) is 88.5 cm³/mol. The molecule has 0 amide bonds. The number of ketones is 1. The Morgan fingerprint density at radius 2 is 1.48 bits per heavy atom. The standard InChI is InChI=1S/C19H16O4/c20-17(12-11-15-7-3-1-4-8-15)18(23-14-19(21)22)13-16-9-5-2-6-10-16/h1-13H,14H2,(H,21,22). The number of carbonyl (C=O) groups is 2. The maximum atomic E-state index is 12.3. The van der Waals surface area contributed by atoms with Gasteiger partial charge in [0.15, 0.2) is 12.4 Å². The number of hydrogen-bond acceptors (Lipinski definition) is 3. The summed E-state index contributed by atoms with van der Waals surface area (Å²) in [6.07, 6.45) is 4.55. The molecule has 2 aromatic rings. The Bertz CT molecular complexity index is 716. The summed E-state index contributed by atoms with van der Waals surface area (Å²) >= 11 is 0. The van der Waals surface area contributed by atoms with Crippen molar-refractivity contribution < 1.29 is 19.4 Å². The van der Waals surface area contributed by atoms with Crippen LogP contribution in [0.1, 0.15) is 11.1 Å². The van der Waals surface area contributed by atoms with Gasteiger partial charge in [-0.05, 0) is 23.3 Å². The van der Waals surface area contributed by atoms with Crippen LogP contribution in [0, 0.1) is 0 Å². The van der Waals surface area contributed by atoms with Crippen molar-refractivity contribution in [3.63, 3.8) is 0 Å². The van der Waals surface area contributed by atoms with Crippen molar-refractivity contribution in [1.82, 2.24) is 0 Å². The molecular formula is C19H16O4. The molecule has 0 saturated heterocycles. The summed E-state index contributed by atoms with van der Waals surface area (Å²) in [7, 11) is 0. The average Bonchev–Trinajstić information content (AvgIpc) is 2.58. The van der Waals surface area contributed by atoms with Crippen LogP contribution in [-0.4, -0.2) is 23.5 Å². The molecule has 23 heavy (non-hydrogen) atoms. The quantitative estimate of drug-likeness (QED) is 0.629. The second-order valence-electron chi connectivity index (χ2n) is 4.71. The highest BCUT2D eigenvalue weighted by molar-refractivity contribution is 6.07. The molecule has 116 valence electrons. The smallest absolute Gasteiger partial charge is 0.341 e. The SMILES string of the molecule is O=C(O)COC(=Cc1ccccc1)C(=O)C=Cc1ccccc1. The highest BCUT2D eigenvalue weighted by Crippen LogP contribution is 2.11. The molecule has 0 aliphatic carbocycles. The molecule has 0 radical (unpaired) electrons. The van der Waals surface area contributed by atoms with Crippen molar-refractivity contribution in [2.45, 2.75) is 0 Å². The van der Waals surface area contributed by atoms with E-state index in [2.05, 4.69) is 0 Å². The molecule has 0 unspecified atom stereocenters. The van der Waals surface area contributed by atoms with Crippen LogP contribution in [-0.2, 0) is 14.3 Å². The van der Waals surface area contributed by atoms with E-state index < -0.39 is 12.6 Å². The van der Waals surface area contributed by atoms with Crippen LogP contribution in [0.4, 0.5) is 0 Å². The van der Waals surface area contributed by atoms with E-state index in [1.807, 2.05) is 48.5 Å². The van der Waals surface area contributed by atoms with Gasteiger partial charge >= 0.3 is 5.97 Å². The lowest BCUT2D eigenvalue weighted by molar-refractivity contribution is -0.141. The van der Waals surface area contributed by atoms with Crippen LogP contribution in [0.25, 0.3) is 12.2 Å². The Morgan fingerprint density at radius 3 is 2.04 bits per heavy atom. The zero-order valence-corrected chi connectivity index (χ0v) is 12.4. The molecule has 4 heteroatoms. The molecule has 1 N–H and O–H groups in total. The molecule has 0 aliphatic heterocycles. The van der Waals surface area contributed by atoms with Gasteiger partial charge in [-0.3, -0.25) is 4.79 Å². The van der Waals surface area contributed by atoms with E-state index in [0.29, 0.717) is 0 Å². The Labute approximate surface area is 134 Å². The van der Waals surface area contributed by atoms with Crippen molar-refractivity contribution in [2.24, 2.45) is 0 Å². The van der Waals surface area contributed by atoms with E-state index in [0.717, 1.165) is 11.1 Å². The summed E-state index contributed by atoms with van der Waals surface area (Å²) in [6.45, 7) is -0.566. The number of rotatable bonds is 7. The normalized spacial score (nSPS) is 11.4. The maximum absolute atomic E-state index is 12.3. The van der Waals surface area contributed by atoms with Crippen LogP contribution in [0.2, 0.25) is 0 Å². The summed E-state index contributed by atoms with van der Waals surface area (Å²) < 4.78 is 5.12. The first-order valence-corrected chi connectivity index (χ1v) is 7.04. The van der Waals surface area contributed by atoms with E-state index in [-0.39, 0.29) is 11.5 Å². The molecule has 0 saturated carbocycles. The first kappa shape index (κ1) is 16.2. The number of aliphatic carboxylic acids is 1. The van der Waals surface area contributed by atoms with Gasteiger partial charge in [0, 0.05) is 0 Å². The lowest BCUT2D eigenvalue weighted by Gasteiger charge is -2.05. The van der Waals surface area contributed by atoms with E-state index in [9.17, 15) is 9.59 Å². The Hall–Kier alpha value is -3.14. The van der Waals surface area contributed by atoms with E-state index in [4.69, 9.17) is 9.84 Å². The third-order valence-electron chi connectivity index (χ3n) is 2.92. The van der Waals surface area contributed by atoms with Crippen molar-refractivity contribution in [2.75, 3.05) is 6.61 Å². The predicted octanol–water partition coefficient (Wildman–Crippen LogP) is 3.41. The van der Waals surface area contributed by atoms with Gasteiger partial charge in [0.25, 0.3) is 0 Å². The maximum Gasteiger partial charge on any atom is 0.341 e. The first-order chi connectivity index (χ1) is 11.1. The van der Waals surface area contributed by atoms with Crippen LogP contribution in [0.15, 0.2) is 72.5 Å². The van der Waals surface area contributed by atoms with Gasteiger partial charge < -0.3 is 9.84 Å². The molecule has 4 nitrogen and oxygen atoms in total. The highest BCUT2D eigenvalue weighted by atomic mass is 16.5. The molecule has 0 aliphatic rings. The average molecular weight is 308 g/mol. The van der Waals surface area contributed by atoms with Crippen LogP contribution in [0.3, 0.4) is 0 Å². The number of benzene rings is 2. The fourth-order valence-corrected chi connectivity index (χ4v) is 1.84. The van der Waals surface area contributed by atoms with Gasteiger partial charge in [0.05, 0.1) is 0 Å². The molecule has 0 aromatic heterocycles. The van der Waals surface area contributed by atoms with Gasteiger partial charge in [-0.25, -0.2) is 4.79 Å². The van der Waals surface area contributed by atoms with E-state index >= 15 is 0 Å². The summed E-state index contributed by atoms with van der Waals surface area (Å²) in [6, 6.07) is 18.5. The first-order valence-electron chi connectivity index (χ1n) is 7.04. The molecular weight excluding hydrogens is 292 g/mol. The fraction of sp³-hybridized carbons (Fsp3) is 0.0526. The Balaban J connectivity index is 2.19. The molecule has 0 atom stereocenters. The molecule has 2 rings (SSSR count). The number of carboxylic acids is 1. The zero-order valence-electron chi connectivity index (χ0n) is 12.4. The number of ether oxygens (including phenoxy) is 1. The summed E-state index contributed by atoms with van der Waals surface area (Å²) in [5, 5.41) is 8.74. The van der Waals surface area contributed by atoms with Crippen molar-refractivity contribution in [1.29, 1.82) is 0 Å². The minimum Gasteiger partial charge on any atom is -0.479 e. The Morgan fingerprint density at radius 1 is 0.913 bits per heavy atom. The molecule has 0 fully saturated rings. The lowest BCUT2D eigenvalue weighted by atomic mass is 10.1. The minimum absolute atomic E-state index is 0.00854. The fourth-order valence-electron chi connectivity index (χ4n) is 1.84. The van der Waals surface area contributed by atoms with E-state index in [1.54, 1.807) is 18.2 Å². The second kappa shape index (κ2) is 8.34. The number of carboxylic acid groups (broad SMARTS) is 1. The molecule has 2 aromatic carbocycles. The number of allylic oxidation sites excluding steroid dienone is 1. The third kappa shape index (κ3) is 5.63. The van der Waals surface area contributed by atoms with Gasteiger partial charge in [-0.1, -0.05) is 66.7 Å². The van der Waals surface area contributed by atoms with Crippen LogP contribution < -0.4 is 0 Å². The summed E-state index contributed by atoms with van der Waals surface area (Å²) in [4.78, 5) is 22.9. The minimum atomic E-state index is -1.14. The topological polar surface area (TPSA) is 63.6 Å². The molecule has 0 spiro atoms. The highest BCUT2D eigenvalue weighted by Gasteiger charge is 2.10. The van der Waals surface area contributed by atoms with Gasteiger partial charge in [0.2, 0.25) is 5.78 Å². The summed E-state index contributed by atoms with van der Waals surface area (Å²) in [5.74, 6) is -1.53. The van der Waals surface area contributed by atoms with Crippen LogP contribution in [0.5, 0.6) is 0 Å². The van der Waals surface area contributed by atoms with Crippen LogP contribution >= 0.6 is 0 Å². The van der Waals surface area contributed by atoms with E-state index in [1.165, 1.54) is 12.2 Å². The van der Waals surface area contributed by atoms with Gasteiger partial charge in [-0.15, -0.1) is 0 Å². The number of carbonyl (C=O) groups excluding carboxylic acids is 1. The lowest BCUT2D eigenvalue weighted by Crippen LogP contribution is -2.11. The van der Waals surface area contributed by atoms with Crippen molar-refractivity contribution in [3.05, 3.63) is 83.6 Å². The van der Waals surface area contributed by atoms with Crippen molar-refractivity contribution >= 4 is 23.9 Å². The third-order valence-corrected chi connectivity index (χ3v) is 2.92. The van der Waals surface area contributed by atoms with Gasteiger partial charge in [0.1, 0.15) is 0 Å². The largest absolute Gasteiger partial charge is 0.479 e. The van der Waals surface area contributed by atoms with Crippen molar-refractivity contribution in [3.8, 4) is 0 Å². The monoisotopic (exact) mass is 308 g/mol. The second-order valence-corrected chi connectivity index (χ2v) is 4.71. The molecule has 0 bridgehead atoms.